The van der Waals surface area contributed by atoms with Crippen molar-refractivity contribution in [3.05, 3.63) is 53.1 Å². The number of thiazole rings is 1. The Labute approximate surface area is 127 Å². The molecule has 0 aliphatic heterocycles. The molecule has 102 valence electrons. The third kappa shape index (κ3) is 2.79. The number of hydrogen-bond donors (Lipinski definition) is 1. The molecule has 0 bridgehead atoms. The van der Waals surface area contributed by atoms with Gasteiger partial charge in [-0.2, -0.15) is 0 Å². The van der Waals surface area contributed by atoms with Crippen molar-refractivity contribution >= 4 is 44.0 Å². The minimum Gasteiger partial charge on any atom is -0.332 e. The number of hydrogen-bond acceptors (Lipinski definition) is 3. The standard InChI is InChI=1S/C16H15ClN2S/c1-10(2)11-3-6-13(7-4-11)18-16-19-14-8-5-12(17)9-15(14)20-16/h3-10H,1-2H3,(H,18,19). The Morgan fingerprint density at radius 2 is 1.85 bits per heavy atom. The van der Waals surface area contributed by atoms with Gasteiger partial charge in [-0.25, -0.2) is 4.98 Å². The van der Waals surface area contributed by atoms with Crippen LogP contribution in [-0.4, -0.2) is 4.98 Å². The summed E-state index contributed by atoms with van der Waals surface area (Å²) in [5.74, 6) is 0.550. The molecule has 0 fully saturated rings. The summed E-state index contributed by atoms with van der Waals surface area (Å²) in [6.45, 7) is 4.39. The number of fused-ring (bicyclic) bond motifs is 1. The predicted molar refractivity (Wildman–Crippen MR) is 88.4 cm³/mol. The van der Waals surface area contributed by atoms with E-state index in [0.717, 1.165) is 26.1 Å². The number of rotatable bonds is 3. The zero-order valence-corrected chi connectivity index (χ0v) is 12.9. The molecule has 0 saturated heterocycles. The van der Waals surface area contributed by atoms with Crippen LogP contribution >= 0.6 is 22.9 Å². The van der Waals surface area contributed by atoms with Gasteiger partial charge in [0.2, 0.25) is 0 Å². The van der Waals surface area contributed by atoms with E-state index >= 15 is 0 Å². The van der Waals surface area contributed by atoms with Crippen molar-refractivity contribution in [1.82, 2.24) is 4.98 Å². The highest BCUT2D eigenvalue weighted by atomic mass is 35.5. The van der Waals surface area contributed by atoms with Crippen LogP contribution in [0.2, 0.25) is 5.02 Å². The maximum absolute atomic E-state index is 5.99. The Bertz CT molecular complexity index is 732. The van der Waals surface area contributed by atoms with Crippen LogP contribution in [0.5, 0.6) is 0 Å². The minimum absolute atomic E-state index is 0.550. The van der Waals surface area contributed by atoms with Crippen LogP contribution in [0.25, 0.3) is 10.2 Å². The number of nitrogens with zero attached hydrogens (tertiary/aromatic N) is 1. The van der Waals surface area contributed by atoms with Crippen LogP contribution in [-0.2, 0) is 0 Å². The van der Waals surface area contributed by atoms with E-state index in [1.54, 1.807) is 11.3 Å². The molecule has 0 atom stereocenters. The summed E-state index contributed by atoms with van der Waals surface area (Å²) in [5.41, 5.74) is 3.37. The summed E-state index contributed by atoms with van der Waals surface area (Å²) < 4.78 is 1.10. The van der Waals surface area contributed by atoms with Gasteiger partial charge in [-0.3, -0.25) is 0 Å². The van der Waals surface area contributed by atoms with E-state index in [2.05, 4.69) is 48.4 Å². The first kappa shape index (κ1) is 13.4. The summed E-state index contributed by atoms with van der Waals surface area (Å²) in [4.78, 5) is 4.56. The number of halogens is 1. The zero-order chi connectivity index (χ0) is 14.1. The first-order valence-corrected chi connectivity index (χ1v) is 7.74. The van der Waals surface area contributed by atoms with Gasteiger partial charge in [-0.1, -0.05) is 48.9 Å². The number of benzene rings is 2. The van der Waals surface area contributed by atoms with Gasteiger partial charge in [0, 0.05) is 10.7 Å². The molecular formula is C16H15ClN2S. The molecule has 4 heteroatoms. The van der Waals surface area contributed by atoms with E-state index in [4.69, 9.17) is 11.6 Å². The first-order chi connectivity index (χ1) is 9.61. The van der Waals surface area contributed by atoms with Gasteiger partial charge in [-0.15, -0.1) is 0 Å². The molecule has 2 nitrogen and oxygen atoms in total. The molecule has 3 rings (SSSR count). The lowest BCUT2D eigenvalue weighted by molar-refractivity contribution is 0.867. The lowest BCUT2D eigenvalue weighted by Gasteiger charge is -2.07. The van der Waals surface area contributed by atoms with Gasteiger partial charge >= 0.3 is 0 Å². The Morgan fingerprint density at radius 1 is 1.10 bits per heavy atom. The van der Waals surface area contributed by atoms with Gasteiger partial charge in [0.1, 0.15) is 0 Å². The molecular weight excluding hydrogens is 288 g/mol. The van der Waals surface area contributed by atoms with Crippen LogP contribution in [0.3, 0.4) is 0 Å². The lowest BCUT2D eigenvalue weighted by atomic mass is 10.0. The van der Waals surface area contributed by atoms with Crippen LogP contribution in [0.1, 0.15) is 25.3 Å². The molecule has 0 aliphatic carbocycles. The second kappa shape index (κ2) is 5.43. The van der Waals surface area contributed by atoms with Crippen molar-refractivity contribution in [2.24, 2.45) is 0 Å². The lowest BCUT2D eigenvalue weighted by Crippen LogP contribution is -1.91. The topological polar surface area (TPSA) is 24.9 Å². The average molecular weight is 303 g/mol. The van der Waals surface area contributed by atoms with Gasteiger partial charge in [-0.05, 0) is 41.8 Å². The maximum atomic E-state index is 5.99. The van der Waals surface area contributed by atoms with E-state index in [1.165, 1.54) is 5.56 Å². The fourth-order valence-corrected chi connectivity index (χ4v) is 3.19. The van der Waals surface area contributed by atoms with Crippen molar-refractivity contribution in [3.8, 4) is 0 Å². The van der Waals surface area contributed by atoms with Gasteiger partial charge < -0.3 is 5.32 Å². The largest absolute Gasteiger partial charge is 0.332 e. The number of aromatic nitrogens is 1. The molecule has 1 aromatic heterocycles. The molecule has 0 unspecified atom stereocenters. The Morgan fingerprint density at radius 3 is 2.55 bits per heavy atom. The molecule has 0 radical (unpaired) electrons. The third-order valence-electron chi connectivity index (χ3n) is 3.18. The monoisotopic (exact) mass is 302 g/mol. The number of nitrogens with one attached hydrogen (secondary N) is 1. The van der Waals surface area contributed by atoms with Crippen molar-refractivity contribution in [3.63, 3.8) is 0 Å². The second-order valence-electron chi connectivity index (χ2n) is 5.03. The Balaban J connectivity index is 1.85. The second-order valence-corrected chi connectivity index (χ2v) is 6.50. The Kier molecular flexibility index (Phi) is 3.64. The molecule has 0 amide bonds. The zero-order valence-electron chi connectivity index (χ0n) is 11.4. The summed E-state index contributed by atoms with van der Waals surface area (Å²) in [5, 5.41) is 4.98. The highest BCUT2D eigenvalue weighted by molar-refractivity contribution is 7.22. The molecule has 0 aliphatic rings. The van der Waals surface area contributed by atoms with Gasteiger partial charge in [0.05, 0.1) is 10.2 Å². The average Bonchev–Trinajstić information content (AvgIpc) is 2.80. The van der Waals surface area contributed by atoms with Gasteiger partial charge in [0.15, 0.2) is 5.13 Å². The van der Waals surface area contributed by atoms with Crippen LogP contribution in [0, 0.1) is 0 Å². The summed E-state index contributed by atoms with van der Waals surface area (Å²) in [6.07, 6.45) is 0. The highest BCUT2D eigenvalue weighted by Gasteiger charge is 2.05. The fraction of sp³-hybridized carbons (Fsp3) is 0.188. The number of anilines is 2. The van der Waals surface area contributed by atoms with Crippen LogP contribution < -0.4 is 5.32 Å². The van der Waals surface area contributed by atoms with Crippen molar-refractivity contribution < 1.29 is 0 Å². The van der Waals surface area contributed by atoms with Crippen molar-refractivity contribution in [2.75, 3.05) is 5.32 Å². The van der Waals surface area contributed by atoms with Crippen molar-refractivity contribution in [2.45, 2.75) is 19.8 Å². The van der Waals surface area contributed by atoms with Crippen molar-refractivity contribution in [1.29, 1.82) is 0 Å². The SMILES string of the molecule is CC(C)c1ccc(Nc2nc3ccc(Cl)cc3s2)cc1. The van der Waals surface area contributed by atoms with Crippen LogP contribution in [0.4, 0.5) is 10.8 Å². The van der Waals surface area contributed by atoms with E-state index in [1.807, 2.05) is 18.2 Å². The minimum atomic E-state index is 0.550. The molecule has 3 aromatic rings. The van der Waals surface area contributed by atoms with E-state index in [9.17, 15) is 0 Å². The van der Waals surface area contributed by atoms with E-state index in [-0.39, 0.29) is 0 Å². The predicted octanol–water partition coefficient (Wildman–Crippen LogP) is 5.82. The molecule has 20 heavy (non-hydrogen) atoms. The van der Waals surface area contributed by atoms with Gasteiger partial charge in [0.25, 0.3) is 0 Å². The third-order valence-corrected chi connectivity index (χ3v) is 4.35. The highest BCUT2D eigenvalue weighted by Crippen LogP contribution is 2.30. The van der Waals surface area contributed by atoms with Crippen LogP contribution in [0.15, 0.2) is 42.5 Å². The molecule has 2 aromatic carbocycles. The van der Waals surface area contributed by atoms with E-state index in [0.29, 0.717) is 5.92 Å². The molecule has 0 spiro atoms. The summed E-state index contributed by atoms with van der Waals surface area (Å²) in [7, 11) is 0. The first-order valence-electron chi connectivity index (χ1n) is 6.55. The summed E-state index contributed by atoms with van der Waals surface area (Å²) >= 11 is 7.60. The maximum Gasteiger partial charge on any atom is 0.188 e. The smallest absolute Gasteiger partial charge is 0.188 e. The van der Waals surface area contributed by atoms with E-state index < -0.39 is 0 Å². The molecule has 1 heterocycles. The normalized spacial score (nSPS) is 11.2. The Hall–Kier alpha value is -1.58. The summed E-state index contributed by atoms with van der Waals surface area (Å²) in [6, 6.07) is 14.2. The molecule has 0 saturated carbocycles. The quantitative estimate of drug-likeness (QED) is 0.659. The fourth-order valence-electron chi connectivity index (χ4n) is 2.03. The molecule has 1 N–H and O–H groups in total.